The second-order valence-electron chi connectivity index (χ2n) is 9.50. The lowest BCUT2D eigenvalue weighted by molar-refractivity contribution is 0.100. The molecular weight excluding hydrogens is 456 g/mol. The SMILES string of the molecule is C=C(CC)c1ccc(-c2cc(-c3ccc(C(C)=O)c(C)c3)cc(-c3ccc(C(C)=O)c(N)c3)c2)cc1N. The van der Waals surface area contributed by atoms with Crippen LogP contribution < -0.4 is 11.5 Å². The third-order valence-electron chi connectivity index (χ3n) is 6.83. The van der Waals surface area contributed by atoms with Crippen molar-refractivity contribution in [1.82, 2.24) is 0 Å². The summed E-state index contributed by atoms with van der Waals surface area (Å²) in [6, 6.07) is 23.8. The Balaban J connectivity index is 1.91. The van der Waals surface area contributed by atoms with Crippen molar-refractivity contribution in [1.29, 1.82) is 0 Å². The van der Waals surface area contributed by atoms with Crippen LogP contribution in [0.15, 0.2) is 79.4 Å². The van der Waals surface area contributed by atoms with E-state index < -0.39 is 0 Å². The average molecular weight is 489 g/mol. The topological polar surface area (TPSA) is 86.2 Å². The zero-order chi connectivity index (χ0) is 26.9. The van der Waals surface area contributed by atoms with Gasteiger partial charge < -0.3 is 11.5 Å². The Bertz CT molecular complexity index is 1480. The van der Waals surface area contributed by atoms with E-state index >= 15 is 0 Å². The molecule has 0 aliphatic rings. The number of ketones is 2. The smallest absolute Gasteiger partial charge is 0.161 e. The van der Waals surface area contributed by atoms with Crippen LogP contribution in [0.25, 0.3) is 39.0 Å². The van der Waals surface area contributed by atoms with E-state index in [1.165, 1.54) is 6.92 Å². The number of nitrogen functional groups attached to an aromatic ring is 2. The molecule has 4 heteroatoms. The monoisotopic (exact) mass is 488 g/mol. The van der Waals surface area contributed by atoms with Crippen LogP contribution in [-0.4, -0.2) is 11.6 Å². The van der Waals surface area contributed by atoms with E-state index in [1.54, 1.807) is 13.0 Å². The molecule has 0 heterocycles. The van der Waals surface area contributed by atoms with Crippen LogP contribution in [0, 0.1) is 6.92 Å². The number of Topliss-reactive ketones (excluding diaryl/α,β-unsaturated/α-hetero) is 2. The summed E-state index contributed by atoms with van der Waals surface area (Å²) >= 11 is 0. The minimum Gasteiger partial charge on any atom is -0.398 e. The van der Waals surface area contributed by atoms with E-state index in [0.717, 1.165) is 56.5 Å². The number of nitrogens with two attached hydrogens (primary N) is 2. The molecular formula is C33H32N2O2. The van der Waals surface area contributed by atoms with Crippen molar-refractivity contribution < 1.29 is 9.59 Å². The summed E-state index contributed by atoms with van der Waals surface area (Å²) in [5.41, 5.74) is 23.8. The van der Waals surface area contributed by atoms with E-state index in [1.807, 2.05) is 49.4 Å². The van der Waals surface area contributed by atoms with Crippen LogP contribution in [0.5, 0.6) is 0 Å². The highest BCUT2D eigenvalue weighted by Gasteiger charge is 2.13. The number of aryl methyl sites for hydroxylation is 1. The summed E-state index contributed by atoms with van der Waals surface area (Å²) in [5, 5.41) is 0. The third-order valence-corrected chi connectivity index (χ3v) is 6.83. The first-order valence-corrected chi connectivity index (χ1v) is 12.3. The van der Waals surface area contributed by atoms with Gasteiger partial charge in [-0.15, -0.1) is 0 Å². The number of carbonyl (C=O) groups excluding carboxylic acids is 2. The summed E-state index contributed by atoms with van der Waals surface area (Å²) in [5.74, 6) is -0.0208. The van der Waals surface area contributed by atoms with Crippen LogP contribution in [-0.2, 0) is 0 Å². The van der Waals surface area contributed by atoms with Gasteiger partial charge in [0.15, 0.2) is 11.6 Å². The minimum atomic E-state index is -0.0660. The molecule has 4 N–H and O–H groups in total. The molecule has 0 aromatic heterocycles. The molecule has 0 saturated heterocycles. The Morgan fingerprint density at radius 3 is 1.41 bits per heavy atom. The fourth-order valence-corrected chi connectivity index (χ4v) is 4.68. The highest BCUT2D eigenvalue weighted by Crippen LogP contribution is 2.36. The first kappa shape index (κ1) is 25.6. The maximum atomic E-state index is 12.0. The molecule has 37 heavy (non-hydrogen) atoms. The van der Waals surface area contributed by atoms with Crippen molar-refractivity contribution >= 4 is 28.5 Å². The lowest BCUT2D eigenvalue weighted by Gasteiger charge is -2.15. The minimum absolute atomic E-state index is 0.0451. The second-order valence-corrected chi connectivity index (χ2v) is 9.50. The fraction of sp³-hybridized carbons (Fsp3) is 0.152. The Morgan fingerprint density at radius 1 is 0.622 bits per heavy atom. The predicted octanol–water partition coefficient (Wildman–Crippen LogP) is 7.99. The van der Waals surface area contributed by atoms with Crippen LogP contribution in [0.1, 0.15) is 59.0 Å². The van der Waals surface area contributed by atoms with Gasteiger partial charge in [-0.1, -0.05) is 49.9 Å². The summed E-state index contributed by atoms with van der Waals surface area (Å²) in [7, 11) is 0. The molecule has 0 fully saturated rings. The van der Waals surface area contributed by atoms with Gasteiger partial charge in [0, 0.05) is 28.1 Å². The molecule has 0 aliphatic carbocycles. The highest BCUT2D eigenvalue weighted by molar-refractivity contribution is 6.00. The van der Waals surface area contributed by atoms with Gasteiger partial charge in [0.05, 0.1) is 0 Å². The molecule has 0 unspecified atom stereocenters. The lowest BCUT2D eigenvalue weighted by Crippen LogP contribution is -1.99. The van der Waals surface area contributed by atoms with E-state index in [0.29, 0.717) is 22.5 Å². The highest BCUT2D eigenvalue weighted by atomic mass is 16.1. The molecule has 0 saturated carbocycles. The molecule has 0 atom stereocenters. The van der Waals surface area contributed by atoms with Crippen LogP contribution in [0.3, 0.4) is 0 Å². The molecule has 0 radical (unpaired) electrons. The van der Waals surface area contributed by atoms with Crippen molar-refractivity contribution in [3.63, 3.8) is 0 Å². The van der Waals surface area contributed by atoms with Gasteiger partial charge >= 0.3 is 0 Å². The first-order chi connectivity index (χ1) is 17.6. The Kier molecular flexibility index (Phi) is 7.12. The quantitative estimate of drug-likeness (QED) is 0.204. The van der Waals surface area contributed by atoms with Gasteiger partial charge in [-0.3, -0.25) is 9.59 Å². The normalized spacial score (nSPS) is 10.8. The molecule has 186 valence electrons. The van der Waals surface area contributed by atoms with Crippen molar-refractivity contribution in [3.05, 3.63) is 102 Å². The van der Waals surface area contributed by atoms with Gasteiger partial charge in [0.2, 0.25) is 0 Å². The number of hydrogen-bond acceptors (Lipinski definition) is 4. The maximum Gasteiger partial charge on any atom is 0.161 e. The molecule has 0 bridgehead atoms. The predicted molar refractivity (Wildman–Crippen MR) is 156 cm³/mol. The Hall–Kier alpha value is -4.44. The molecule has 4 aromatic carbocycles. The number of anilines is 2. The van der Waals surface area contributed by atoms with Crippen LogP contribution >= 0.6 is 0 Å². The van der Waals surface area contributed by atoms with Crippen LogP contribution in [0.4, 0.5) is 11.4 Å². The summed E-state index contributed by atoms with van der Waals surface area (Å²) in [4.78, 5) is 23.9. The number of allylic oxidation sites excluding steroid dienone is 1. The van der Waals surface area contributed by atoms with Crippen molar-refractivity contribution in [3.8, 4) is 33.4 Å². The molecule has 4 rings (SSSR count). The fourth-order valence-electron chi connectivity index (χ4n) is 4.68. The van der Waals surface area contributed by atoms with E-state index in [4.69, 9.17) is 11.5 Å². The average Bonchev–Trinajstić information content (AvgIpc) is 2.87. The lowest BCUT2D eigenvalue weighted by atomic mass is 9.90. The van der Waals surface area contributed by atoms with Gasteiger partial charge in [-0.25, -0.2) is 0 Å². The summed E-state index contributed by atoms with van der Waals surface area (Å²) in [6.45, 7) is 11.2. The summed E-state index contributed by atoms with van der Waals surface area (Å²) < 4.78 is 0. The van der Waals surface area contributed by atoms with E-state index in [2.05, 4.69) is 37.8 Å². The van der Waals surface area contributed by atoms with Crippen molar-refractivity contribution in [2.45, 2.75) is 34.1 Å². The second kappa shape index (κ2) is 10.3. The van der Waals surface area contributed by atoms with Gasteiger partial charge in [-0.2, -0.15) is 0 Å². The molecule has 0 spiro atoms. The number of benzene rings is 4. The summed E-state index contributed by atoms with van der Waals surface area (Å²) in [6.07, 6.45) is 0.830. The number of carbonyl (C=O) groups is 2. The Morgan fingerprint density at radius 2 is 1.03 bits per heavy atom. The number of rotatable bonds is 7. The van der Waals surface area contributed by atoms with Crippen molar-refractivity contribution in [2.75, 3.05) is 11.5 Å². The maximum absolute atomic E-state index is 12.0. The standard InChI is InChI=1S/C33H32N2O2/c1-6-19(2)30-11-8-24(17-32(30)34)27-14-26(23-7-10-29(21(4)36)20(3)13-23)15-28(16-27)25-9-12-31(22(5)37)33(35)18-25/h7-18H,2,6,34-35H2,1,3-5H3. The first-order valence-electron chi connectivity index (χ1n) is 12.3. The largest absolute Gasteiger partial charge is 0.398 e. The molecule has 4 aromatic rings. The third kappa shape index (κ3) is 5.24. The van der Waals surface area contributed by atoms with Gasteiger partial charge in [0.1, 0.15) is 0 Å². The zero-order valence-corrected chi connectivity index (χ0v) is 21.8. The van der Waals surface area contributed by atoms with Gasteiger partial charge in [-0.05, 0) is 108 Å². The number of hydrogen-bond donors (Lipinski definition) is 2. The van der Waals surface area contributed by atoms with E-state index in [9.17, 15) is 9.59 Å². The van der Waals surface area contributed by atoms with E-state index in [-0.39, 0.29) is 11.6 Å². The zero-order valence-electron chi connectivity index (χ0n) is 21.8. The molecule has 0 aliphatic heterocycles. The Labute approximate surface area is 218 Å². The van der Waals surface area contributed by atoms with Gasteiger partial charge in [0.25, 0.3) is 0 Å². The molecule has 0 amide bonds. The van der Waals surface area contributed by atoms with Crippen LogP contribution in [0.2, 0.25) is 0 Å². The van der Waals surface area contributed by atoms with Crippen molar-refractivity contribution in [2.24, 2.45) is 0 Å². The molecule has 4 nitrogen and oxygen atoms in total.